The first-order chi connectivity index (χ1) is 5.56. The lowest BCUT2D eigenvalue weighted by atomic mass is 10.1. The molecule has 1 rings (SSSR count). The minimum Gasteiger partial charge on any atom is -0.466 e. The van der Waals surface area contributed by atoms with Crippen molar-refractivity contribution in [1.82, 2.24) is 5.32 Å². The van der Waals surface area contributed by atoms with Crippen molar-refractivity contribution in [3.8, 4) is 0 Å². The molecule has 68 valence electrons. The molecule has 0 atom stereocenters. The molecule has 0 saturated carbocycles. The van der Waals surface area contributed by atoms with E-state index < -0.39 is 5.60 Å². The summed E-state index contributed by atoms with van der Waals surface area (Å²) >= 11 is 0. The van der Waals surface area contributed by atoms with Gasteiger partial charge in [-0.25, -0.2) is 0 Å². The quantitative estimate of drug-likeness (QED) is 0.568. The van der Waals surface area contributed by atoms with Crippen LogP contribution in [0.5, 0.6) is 0 Å². The number of hydrogen-bond acceptors (Lipinski definition) is 4. The lowest BCUT2D eigenvalue weighted by Crippen LogP contribution is -2.32. The summed E-state index contributed by atoms with van der Waals surface area (Å²) in [6.07, 6.45) is 1.63. The molecule has 0 aromatic heterocycles. The first kappa shape index (κ1) is 9.06. The molecule has 1 aliphatic rings. The van der Waals surface area contributed by atoms with Gasteiger partial charge in [0, 0.05) is 12.6 Å². The van der Waals surface area contributed by atoms with Gasteiger partial charge in [-0.15, -0.1) is 0 Å². The van der Waals surface area contributed by atoms with Crippen LogP contribution in [0, 0.1) is 5.41 Å². The second kappa shape index (κ2) is 3.15. The van der Waals surface area contributed by atoms with E-state index in [9.17, 15) is 0 Å². The van der Waals surface area contributed by atoms with Crippen LogP contribution >= 0.6 is 0 Å². The van der Waals surface area contributed by atoms with E-state index in [1.807, 2.05) is 13.8 Å². The van der Waals surface area contributed by atoms with Gasteiger partial charge in [0.25, 0.3) is 0 Å². The smallest absolute Gasteiger partial charge is 0.208 e. The van der Waals surface area contributed by atoms with Crippen molar-refractivity contribution >= 4 is 5.90 Å². The molecular formula is C8H14N2O2. The van der Waals surface area contributed by atoms with Crippen LogP contribution in [0.2, 0.25) is 0 Å². The molecule has 4 heteroatoms. The molecule has 1 heterocycles. The highest BCUT2D eigenvalue weighted by atomic mass is 16.5. The zero-order valence-corrected chi connectivity index (χ0v) is 7.35. The van der Waals surface area contributed by atoms with Crippen LogP contribution in [0.1, 0.15) is 13.8 Å². The van der Waals surface area contributed by atoms with Gasteiger partial charge < -0.3 is 15.2 Å². The van der Waals surface area contributed by atoms with E-state index in [0.29, 0.717) is 6.54 Å². The van der Waals surface area contributed by atoms with Crippen LogP contribution in [0.15, 0.2) is 11.8 Å². The van der Waals surface area contributed by atoms with E-state index in [-0.39, 0.29) is 12.5 Å². The molecule has 0 spiro atoms. The number of rotatable bonds is 3. The van der Waals surface area contributed by atoms with Gasteiger partial charge in [-0.1, -0.05) is 0 Å². The second-order valence-corrected chi connectivity index (χ2v) is 3.19. The van der Waals surface area contributed by atoms with Gasteiger partial charge in [-0.05, 0) is 13.8 Å². The lowest BCUT2D eigenvalue weighted by Gasteiger charge is -2.22. The van der Waals surface area contributed by atoms with Gasteiger partial charge in [-0.2, -0.15) is 0 Å². The minimum absolute atomic E-state index is 0.0841. The Labute approximate surface area is 71.7 Å². The normalized spacial score (nSPS) is 20.2. The Morgan fingerprint density at radius 3 is 2.75 bits per heavy atom. The van der Waals surface area contributed by atoms with E-state index in [1.165, 1.54) is 0 Å². The van der Waals surface area contributed by atoms with Gasteiger partial charge in [0.2, 0.25) is 5.90 Å². The molecule has 4 nitrogen and oxygen atoms in total. The highest BCUT2D eigenvalue weighted by Crippen LogP contribution is 2.24. The predicted molar refractivity (Wildman–Crippen MR) is 46.1 cm³/mol. The monoisotopic (exact) mass is 170 g/mol. The van der Waals surface area contributed by atoms with E-state index in [2.05, 4.69) is 5.32 Å². The van der Waals surface area contributed by atoms with Crippen molar-refractivity contribution in [3.63, 3.8) is 0 Å². The molecule has 0 bridgehead atoms. The summed E-state index contributed by atoms with van der Waals surface area (Å²) in [6.45, 7) is 4.34. The molecule has 3 N–H and O–H groups in total. The fourth-order valence-corrected chi connectivity index (χ4v) is 1.12. The van der Waals surface area contributed by atoms with Gasteiger partial charge in [0.15, 0.2) is 0 Å². The standard InChI is InChI=1S/C8H14N2O2/c1-8(2)6(10-3-4-11)5-7(9)12-8/h5,9-11H,3-4H2,1-2H3. The van der Waals surface area contributed by atoms with Crippen LogP contribution in [-0.2, 0) is 4.74 Å². The van der Waals surface area contributed by atoms with Crippen LogP contribution in [0.25, 0.3) is 0 Å². The molecule has 0 unspecified atom stereocenters. The maximum absolute atomic E-state index is 8.58. The average molecular weight is 170 g/mol. The largest absolute Gasteiger partial charge is 0.466 e. The lowest BCUT2D eigenvalue weighted by molar-refractivity contribution is 0.140. The van der Waals surface area contributed by atoms with E-state index in [4.69, 9.17) is 15.3 Å². The minimum atomic E-state index is -0.452. The van der Waals surface area contributed by atoms with E-state index >= 15 is 0 Å². The molecule has 0 aromatic rings. The molecule has 0 amide bonds. The summed E-state index contributed by atoms with van der Waals surface area (Å²) in [5.74, 6) is 0.167. The van der Waals surface area contributed by atoms with Crippen LogP contribution in [-0.4, -0.2) is 29.8 Å². The van der Waals surface area contributed by atoms with Crippen molar-refractivity contribution in [1.29, 1.82) is 5.41 Å². The SMILES string of the molecule is CC1(C)OC(=N)C=C1NCCO. The summed E-state index contributed by atoms with van der Waals surface area (Å²) in [6, 6.07) is 0. The molecule has 0 radical (unpaired) electrons. The van der Waals surface area contributed by atoms with Gasteiger partial charge >= 0.3 is 0 Å². The predicted octanol–water partition coefficient (Wildman–Crippen LogP) is 0.238. The summed E-state index contributed by atoms with van der Waals surface area (Å²) < 4.78 is 5.20. The highest BCUT2D eigenvalue weighted by Gasteiger charge is 2.31. The Balaban J connectivity index is 2.61. The third kappa shape index (κ3) is 1.76. The topological polar surface area (TPSA) is 65.3 Å². The van der Waals surface area contributed by atoms with Crippen LogP contribution < -0.4 is 5.32 Å². The molecule has 0 aromatic carbocycles. The van der Waals surface area contributed by atoms with Crippen molar-refractivity contribution in [2.75, 3.05) is 13.2 Å². The molecular weight excluding hydrogens is 156 g/mol. The van der Waals surface area contributed by atoms with Gasteiger partial charge in [0.1, 0.15) is 5.60 Å². The summed E-state index contributed by atoms with van der Waals surface area (Å²) in [7, 11) is 0. The number of aliphatic hydroxyl groups is 1. The highest BCUT2D eigenvalue weighted by molar-refractivity contribution is 5.88. The second-order valence-electron chi connectivity index (χ2n) is 3.19. The fourth-order valence-electron chi connectivity index (χ4n) is 1.12. The van der Waals surface area contributed by atoms with Gasteiger partial charge in [0.05, 0.1) is 12.3 Å². The summed E-state index contributed by atoms with van der Waals surface area (Å²) in [5.41, 5.74) is 0.397. The Kier molecular flexibility index (Phi) is 2.38. The maximum Gasteiger partial charge on any atom is 0.208 e. The number of ether oxygens (including phenoxy) is 1. The van der Waals surface area contributed by atoms with Crippen molar-refractivity contribution in [2.24, 2.45) is 0 Å². The number of nitrogens with one attached hydrogen (secondary N) is 2. The van der Waals surface area contributed by atoms with Crippen LogP contribution in [0.3, 0.4) is 0 Å². The van der Waals surface area contributed by atoms with Crippen molar-refractivity contribution in [2.45, 2.75) is 19.4 Å². The Morgan fingerprint density at radius 2 is 2.33 bits per heavy atom. The Hall–Kier alpha value is -1.03. The van der Waals surface area contributed by atoms with Crippen LogP contribution in [0.4, 0.5) is 0 Å². The molecule has 12 heavy (non-hydrogen) atoms. The molecule has 0 aliphatic carbocycles. The zero-order valence-electron chi connectivity index (χ0n) is 7.35. The molecule has 1 aliphatic heterocycles. The zero-order chi connectivity index (χ0) is 9.19. The Morgan fingerprint density at radius 1 is 1.67 bits per heavy atom. The number of hydrogen-bond donors (Lipinski definition) is 3. The maximum atomic E-state index is 8.58. The first-order valence-electron chi connectivity index (χ1n) is 3.91. The van der Waals surface area contributed by atoms with E-state index in [0.717, 1.165) is 5.70 Å². The summed E-state index contributed by atoms with van der Waals surface area (Å²) in [4.78, 5) is 0. The average Bonchev–Trinajstić information content (AvgIpc) is 2.20. The van der Waals surface area contributed by atoms with Gasteiger partial charge in [-0.3, -0.25) is 5.41 Å². The van der Waals surface area contributed by atoms with E-state index in [1.54, 1.807) is 6.08 Å². The third-order valence-electron chi connectivity index (χ3n) is 1.72. The molecule has 0 saturated heterocycles. The first-order valence-corrected chi connectivity index (χ1v) is 3.91. The third-order valence-corrected chi connectivity index (χ3v) is 1.72. The Bertz CT molecular complexity index is 221. The van der Waals surface area contributed by atoms with Crippen molar-refractivity contribution in [3.05, 3.63) is 11.8 Å². The summed E-state index contributed by atoms with van der Waals surface area (Å²) in [5, 5.41) is 18.8. The molecule has 0 fully saturated rings. The fraction of sp³-hybridized carbons (Fsp3) is 0.625. The van der Waals surface area contributed by atoms with Crippen molar-refractivity contribution < 1.29 is 9.84 Å². The number of aliphatic hydroxyl groups excluding tert-OH is 1.